The number of rotatable bonds is 5. The van der Waals surface area contributed by atoms with E-state index >= 15 is 0 Å². The second-order valence-electron chi connectivity index (χ2n) is 5.01. The lowest BCUT2D eigenvalue weighted by atomic mass is 10.2. The average Bonchev–Trinajstić information content (AvgIpc) is 2.48. The molecule has 2 N–H and O–H groups in total. The van der Waals surface area contributed by atoms with Crippen LogP contribution in [0.1, 0.15) is 12.5 Å². The summed E-state index contributed by atoms with van der Waals surface area (Å²) in [7, 11) is 0. The van der Waals surface area contributed by atoms with Gasteiger partial charge >= 0.3 is 0 Å². The minimum atomic E-state index is -0.273. The standard InChI is InChI=1S/C17H17BrN2O3/c1-11-8-15(6-7-16(11)18)23-10-17(22)20-14-5-3-4-13(9-14)19-12(2)21/h3-9H,10H2,1-2H3,(H,19,21)(H,20,22). The molecular formula is C17H17BrN2O3. The molecule has 0 unspecified atom stereocenters. The van der Waals surface area contributed by atoms with Crippen LogP contribution in [0.3, 0.4) is 0 Å². The summed E-state index contributed by atoms with van der Waals surface area (Å²) in [4.78, 5) is 23.0. The lowest BCUT2D eigenvalue weighted by Gasteiger charge is -2.10. The van der Waals surface area contributed by atoms with Gasteiger partial charge in [0.15, 0.2) is 6.61 Å². The lowest BCUT2D eigenvalue weighted by molar-refractivity contribution is -0.118. The van der Waals surface area contributed by atoms with Crippen LogP contribution in [-0.4, -0.2) is 18.4 Å². The van der Waals surface area contributed by atoms with Crippen molar-refractivity contribution < 1.29 is 14.3 Å². The van der Waals surface area contributed by atoms with Crippen LogP contribution in [0.15, 0.2) is 46.9 Å². The van der Waals surface area contributed by atoms with Gasteiger partial charge in [-0.15, -0.1) is 0 Å². The molecule has 120 valence electrons. The Morgan fingerprint density at radius 3 is 2.43 bits per heavy atom. The summed E-state index contributed by atoms with van der Waals surface area (Å²) in [5.74, 6) is 0.195. The maximum Gasteiger partial charge on any atom is 0.262 e. The number of hydrogen-bond acceptors (Lipinski definition) is 3. The molecule has 0 aliphatic heterocycles. The summed E-state index contributed by atoms with van der Waals surface area (Å²) in [5.41, 5.74) is 2.25. The fourth-order valence-electron chi connectivity index (χ4n) is 1.93. The first-order valence-corrected chi connectivity index (χ1v) is 7.80. The second kappa shape index (κ2) is 7.78. The maximum absolute atomic E-state index is 11.9. The van der Waals surface area contributed by atoms with Gasteiger partial charge in [0.1, 0.15) is 5.75 Å². The molecule has 2 amide bonds. The molecule has 0 saturated heterocycles. The van der Waals surface area contributed by atoms with Crippen molar-refractivity contribution in [3.63, 3.8) is 0 Å². The van der Waals surface area contributed by atoms with E-state index in [1.165, 1.54) is 6.92 Å². The first-order valence-electron chi connectivity index (χ1n) is 7.00. The molecule has 0 fully saturated rings. The van der Waals surface area contributed by atoms with Crippen LogP contribution < -0.4 is 15.4 Å². The van der Waals surface area contributed by atoms with Crippen molar-refractivity contribution in [2.24, 2.45) is 0 Å². The molecule has 2 rings (SSSR count). The van der Waals surface area contributed by atoms with Gasteiger partial charge in [0.25, 0.3) is 5.91 Å². The topological polar surface area (TPSA) is 67.4 Å². The zero-order valence-corrected chi connectivity index (χ0v) is 14.4. The van der Waals surface area contributed by atoms with E-state index in [1.807, 2.05) is 19.1 Å². The van der Waals surface area contributed by atoms with Gasteiger partial charge < -0.3 is 15.4 Å². The minimum Gasteiger partial charge on any atom is -0.484 e. The minimum absolute atomic E-state index is 0.0918. The second-order valence-corrected chi connectivity index (χ2v) is 5.86. The Balaban J connectivity index is 1.91. The van der Waals surface area contributed by atoms with Crippen molar-refractivity contribution in [1.82, 2.24) is 0 Å². The van der Waals surface area contributed by atoms with Gasteiger partial charge in [0, 0.05) is 22.8 Å². The highest BCUT2D eigenvalue weighted by Gasteiger charge is 2.06. The van der Waals surface area contributed by atoms with Crippen LogP contribution in [0.4, 0.5) is 11.4 Å². The Kier molecular flexibility index (Phi) is 5.76. The highest BCUT2D eigenvalue weighted by atomic mass is 79.9. The number of halogens is 1. The summed E-state index contributed by atoms with van der Waals surface area (Å²) < 4.78 is 6.46. The molecular weight excluding hydrogens is 360 g/mol. The van der Waals surface area contributed by atoms with Crippen molar-refractivity contribution in [2.45, 2.75) is 13.8 Å². The number of nitrogens with one attached hydrogen (secondary N) is 2. The van der Waals surface area contributed by atoms with Gasteiger partial charge in [-0.3, -0.25) is 9.59 Å². The highest BCUT2D eigenvalue weighted by molar-refractivity contribution is 9.10. The van der Waals surface area contributed by atoms with Gasteiger partial charge in [0.2, 0.25) is 5.91 Å². The van der Waals surface area contributed by atoms with Crippen LogP contribution in [0.25, 0.3) is 0 Å². The number of aryl methyl sites for hydroxylation is 1. The molecule has 0 aliphatic carbocycles. The van der Waals surface area contributed by atoms with Gasteiger partial charge in [-0.1, -0.05) is 22.0 Å². The molecule has 0 aliphatic rings. The fourth-order valence-corrected chi connectivity index (χ4v) is 2.18. The van der Waals surface area contributed by atoms with E-state index in [2.05, 4.69) is 26.6 Å². The zero-order chi connectivity index (χ0) is 16.8. The van der Waals surface area contributed by atoms with E-state index < -0.39 is 0 Å². The summed E-state index contributed by atoms with van der Waals surface area (Å²) in [6, 6.07) is 12.4. The molecule has 0 aromatic heterocycles. The first-order chi connectivity index (χ1) is 10.9. The molecule has 2 aromatic carbocycles. The number of carbonyl (C=O) groups excluding carboxylic acids is 2. The third-order valence-corrected chi connectivity index (χ3v) is 3.86. The lowest BCUT2D eigenvalue weighted by Crippen LogP contribution is -2.20. The Hall–Kier alpha value is -2.34. The normalized spacial score (nSPS) is 10.0. The van der Waals surface area contributed by atoms with Crippen LogP contribution >= 0.6 is 15.9 Å². The van der Waals surface area contributed by atoms with E-state index in [0.29, 0.717) is 17.1 Å². The van der Waals surface area contributed by atoms with Crippen LogP contribution in [0, 0.1) is 6.92 Å². The van der Waals surface area contributed by atoms with Crippen LogP contribution in [0.2, 0.25) is 0 Å². The number of ether oxygens (including phenoxy) is 1. The number of amides is 2. The quantitative estimate of drug-likeness (QED) is 0.835. The predicted molar refractivity (Wildman–Crippen MR) is 93.7 cm³/mol. The summed E-state index contributed by atoms with van der Waals surface area (Å²) in [6.45, 7) is 3.29. The van der Waals surface area contributed by atoms with E-state index in [-0.39, 0.29) is 18.4 Å². The van der Waals surface area contributed by atoms with Crippen LogP contribution in [-0.2, 0) is 9.59 Å². The molecule has 0 radical (unpaired) electrons. The van der Waals surface area contributed by atoms with Crippen molar-refractivity contribution in [3.05, 3.63) is 52.5 Å². The number of anilines is 2. The average molecular weight is 377 g/mol. The Morgan fingerprint density at radius 1 is 1.09 bits per heavy atom. The molecule has 6 heteroatoms. The Bertz CT molecular complexity index is 732. The van der Waals surface area contributed by atoms with Crippen molar-refractivity contribution in [3.8, 4) is 5.75 Å². The molecule has 2 aromatic rings. The smallest absolute Gasteiger partial charge is 0.262 e. The summed E-state index contributed by atoms with van der Waals surface area (Å²) in [6.07, 6.45) is 0. The molecule has 23 heavy (non-hydrogen) atoms. The molecule has 0 heterocycles. The van der Waals surface area contributed by atoms with Gasteiger partial charge in [-0.25, -0.2) is 0 Å². The van der Waals surface area contributed by atoms with Gasteiger partial charge in [-0.05, 0) is 48.9 Å². The third-order valence-electron chi connectivity index (χ3n) is 2.97. The predicted octanol–water partition coefficient (Wildman–Crippen LogP) is 3.73. The van der Waals surface area contributed by atoms with E-state index in [1.54, 1.807) is 30.3 Å². The van der Waals surface area contributed by atoms with E-state index in [0.717, 1.165) is 10.0 Å². The molecule has 0 spiro atoms. The van der Waals surface area contributed by atoms with Gasteiger partial charge in [0.05, 0.1) is 0 Å². The van der Waals surface area contributed by atoms with Gasteiger partial charge in [-0.2, -0.15) is 0 Å². The molecule has 0 saturated carbocycles. The molecule has 5 nitrogen and oxygen atoms in total. The van der Waals surface area contributed by atoms with Crippen molar-refractivity contribution >= 4 is 39.1 Å². The van der Waals surface area contributed by atoms with E-state index in [9.17, 15) is 9.59 Å². The zero-order valence-electron chi connectivity index (χ0n) is 12.9. The van der Waals surface area contributed by atoms with Crippen molar-refractivity contribution in [1.29, 1.82) is 0 Å². The highest BCUT2D eigenvalue weighted by Crippen LogP contribution is 2.21. The number of carbonyl (C=O) groups is 2. The monoisotopic (exact) mass is 376 g/mol. The summed E-state index contributed by atoms with van der Waals surface area (Å²) >= 11 is 3.41. The largest absolute Gasteiger partial charge is 0.484 e. The number of hydrogen-bond donors (Lipinski definition) is 2. The maximum atomic E-state index is 11.9. The van der Waals surface area contributed by atoms with Crippen molar-refractivity contribution in [2.75, 3.05) is 17.2 Å². The number of benzene rings is 2. The molecule has 0 bridgehead atoms. The summed E-state index contributed by atoms with van der Waals surface area (Å²) in [5, 5.41) is 5.39. The third kappa shape index (κ3) is 5.41. The Morgan fingerprint density at radius 2 is 1.78 bits per heavy atom. The Labute approximate surface area is 143 Å². The molecule has 0 atom stereocenters. The first kappa shape index (κ1) is 17.0. The van der Waals surface area contributed by atoms with Crippen LogP contribution in [0.5, 0.6) is 5.75 Å². The fraction of sp³-hybridized carbons (Fsp3) is 0.176. The van der Waals surface area contributed by atoms with E-state index in [4.69, 9.17) is 4.74 Å². The SMILES string of the molecule is CC(=O)Nc1cccc(NC(=O)COc2ccc(Br)c(C)c2)c1.